The van der Waals surface area contributed by atoms with Crippen molar-refractivity contribution in [1.29, 1.82) is 0 Å². The minimum atomic E-state index is -0.606. The Morgan fingerprint density at radius 3 is 3.00 bits per heavy atom. The second kappa shape index (κ2) is 3.84. The fourth-order valence-corrected chi connectivity index (χ4v) is 0.870. The van der Waals surface area contributed by atoms with E-state index in [0.717, 1.165) is 4.68 Å². The van der Waals surface area contributed by atoms with Gasteiger partial charge in [0.1, 0.15) is 5.56 Å². The van der Waals surface area contributed by atoms with Crippen molar-refractivity contribution >= 4 is 5.97 Å². The molecule has 5 nitrogen and oxygen atoms in total. The minimum Gasteiger partial charge on any atom is -0.462 e. The van der Waals surface area contributed by atoms with Crippen molar-refractivity contribution in [2.24, 2.45) is 7.05 Å². The summed E-state index contributed by atoms with van der Waals surface area (Å²) in [6.45, 7) is 1.94. The number of aromatic nitrogens is 2. The molecule has 0 atom stereocenters. The number of carbonyl (C=O) groups excluding carboxylic acids is 1. The summed E-state index contributed by atoms with van der Waals surface area (Å²) >= 11 is 0. The highest BCUT2D eigenvalue weighted by molar-refractivity contribution is 5.88. The third-order valence-corrected chi connectivity index (χ3v) is 1.50. The summed E-state index contributed by atoms with van der Waals surface area (Å²) in [7, 11) is 1.48. The van der Waals surface area contributed by atoms with Crippen LogP contribution in [0.3, 0.4) is 0 Å². The molecule has 1 rings (SSSR count). The molecule has 0 saturated carbocycles. The van der Waals surface area contributed by atoms with Gasteiger partial charge in [0.25, 0.3) is 5.56 Å². The van der Waals surface area contributed by atoms with Gasteiger partial charge in [-0.25, -0.2) is 9.48 Å². The maximum atomic E-state index is 11.3. The zero-order chi connectivity index (χ0) is 9.84. The van der Waals surface area contributed by atoms with Crippen LogP contribution >= 0.6 is 0 Å². The molecule has 1 heterocycles. The second-order valence-electron chi connectivity index (χ2n) is 2.39. The molecule has 13 heavy (non-hydrogen) atoms. The molecule has 0 radical (unpaired) electrons. The van der Waals surface area contributed by atoms with E-state index in [4.69, 9.17) is 0 Å². The van der Waals surface area contributed by atoms with Gasteiger partial charge in [0, 0.05) is 13.2 Å². The van der Waals surface area contributed by atoms with Crippen LogP contribution in [-0.4, -0.2) is 22.4 Å². The zero-order valence-corrected chi connectivity index (χ0v) is 7.48. The van der Waals surface area contributed by atoms with Gasteiger partial charge in [-0.15, -0.1) is 0 Å². The summed E-state index contributed by atoms with van der Waals surface area (Å²) in [6, 6.07) is 1.35. The van der Waals surface area contributed by atoms with Crippen LogP contribution in [0.4, 0.5) is 0 Å². The third-order valence-electron chi connectivity index (χ3n) is 1.50. The van der Waals surface area contributed by atoms with E-state index in [2.05, 4.69) is 9.84 Å². The number of ether oxygens (including phenoxy) is 1. The first-order chi connectivity index (χ1) is 6.16. The van der Waals surface area contributed by atoms with E-state index in [-0.39, 0.29) is 12.2 Å². The summed E-state index contributed by atoms with van der Waals surface area (Å²) in [5, 5.41) is 3.68. The van der Waals surface area contributed by atoms with Crippen molar-refractivity contribution in [2.45, 2.75) is 6.92 Å². The lowest BCUT2D eigenvalue weighted by atomic mass is 10.3. The first kappa shape index (κ1) is 9.44. The zero-order valence-electron chi connectivity index (χ0n) is 7.48. The van der Waals surface area contributed by atoms with Gasteiger partial charge >= 0.3 is 5.97 Å². The van der Waals surface area contributed by atoms with E-state index >= 15 is 0 Å². The van der Waals surface area contributed by atoms with E-state index in [1.165, 1.54) is 19.3 Å². The number of rotatable bonds is 2. The molecular weight excluding hydrogens is 172 g/mol. The van der Waals surface area contributed by atoms with Crippen molar-refractivity contribution in [2.75, 3.05) is 6.61 Å². The Labute approximate surface area is 74.9 Å². The number of nitrogens with zero attached hydrogens (tertiary/aromatic N) is 2. The summed E-state index contributed by atoms with van der Waals surface area (Å²) in [5.74, 6) is -0.606. The molecule has 0 fully saturated rings. The van der Waals surface area contributed by atoms with Gasteiger partial charge < -0.3 is 4.74 Å². The number of carbonyl (C=O) groups is 1. The van der Waals surface area contributed by atoms with E-state index in [1.807, 2.05) is 0 Å². The summed E-state index contributed by atoms with van der Waals surface area (Å²) < 4.78 is 5.77. The van der Waals surface area contributed by atoms with Crippen LogP contribution in [0.5, 0.6) is 0 Å². The van der Waals surface area contributed by atoms with Crippen LogP contribution in [0, 0.1) is 0 Å². The average Bonchev–Trinajstić information content (AvgIpc) is 2.10. The topological polar surface area (TPSA) is 61.2 Å². The first-order valence-electron chi connectivity index (χ1n) is 3.86. The highest BCUT2D eigenvalue weighted by Gasteiger charge is 2.11. The Morgan fingerprint density at radius 1 is 1.69 bits per heavy atom. The highest BCUT2D eigenvalue weighted by atomic mass is 16.5. The van der Waals surface area contributed by atoms with Gasteiger partial charge in [-0.3, -0.25) is 4.79 Å². The van der Waals surface area contributed by atoms with Crippen LogP contribution < -0.4 is 5.56 Å². The molecule has 0 amide bonds. The van der Waals surface area contributed by atoms with E-state index in [1.54, 1.807) is 6.92 Å². The average molecular weight is 182 g/mol. The Balaban J connectivity index is 3.08. The van der Waals surface area contributed by atoms with Gasteiger partial charge in [-0.1, -0.05) is 0 Å². The van der Waals surface area contributed by atoms with Gasteiger partial charge in [0.05, 0.1) is 6.61 Å². The van der Waals surface area contributed by atoms with Crippen LogP contribution in [0.1, 0.15) is 17.3 Å². The Bertz CT molecular complexity index is 370. The van der Waals surface area contributed by atoms with Gasteiger partial charge in [0.15, 0.2) is 0 Å². The van der Waals surface area contributed by atoms with Crippen molar-refractivity contribution in [3.63, 3.8) is 0 Å². The van der Waals surface area contributed by atoms with E-state index < -0.39 is 11.5 Å². The Kier molecular flexibility index (Phi) is 2.79. The fourth-order valence-electron chi connectivity index (χ4n) is 0.870. The van der Waals surface area contributed by atoms with Crippen LogP contribution in [0.15, 0.2) is 17.1 Å². The number of hydrogen-bond donors (Lipinski definition) is 0. The molecule has 0 unspecified atom stereocenters. The number of hydrogen-bond acceptors (Lipinski definition) is 4. The molecule has 5 heteroatoms. The lowest BCUT2D eigenvalue weighted by Gasteiger charge is -2.01. The molecule has 0 aromatic carbocycles. The molecule has 0 spiro atoms. The molecule has 0 saturated heterocycles. The van der Waals surface area contributed by atoms with Crippen molar-refractivity contribution in [3.05, 3.63) is 28.2 Å². The molecule has 0 bridgehead atoms. The summed E-state index contributed by atoms with van der Waals surface area (Å²) in [4.78, 5) is 22.4. The van der Waals surface area contributed by atoms with Crippen LogP contribution in [0.25, 0.3) is 0 Å². The molecular formula is C8H10N2O3. The van der Waals surface area contributed by atoms with E-state index in [0.29, 0.717) is 0 Å². The van der Waals surface area contributed by atoms with Gasteiger partial charge in [-0.2, -0.15) is 5.10 Å². The van der Waals surface area contributed by atoms with E-state index in [9.17, 15) is 9.59 Å². The maximum absolute atomic E-state index is 11.3. The second-order valence-corrected chi connectivity index (χ2v) is 2.39. The molecule has 0 aliphatic rings. The third kappa shape index (κ3) is 1.93. The predicted octanol–water partition coefficient (Wildman–Crippen LogP) is -0.0430. The highest BCUT2D eigenvalue weighted by Crippen LogP contribution is 1.92. The molecule has 0 N–H and O–H groups in total. The fraction of sp³-hybridized carbons (Fsp3) is 0.375. The first-order valence-corrected chi connectivity index (χ1v) is 3.86. The molecule has 1 aromatic rings. The summed E-state index contributed by atoms with van der Waals surface area (Å²) in [5.41, 5.74) is -0.430. The number of aryl methyl sites for hydroxylation is 1. The molecule has 0 aliphatic carbocycles. The quantitative estimate of drug-likeness (QED) is 0.602. The lowest BCUT2D eigenvalue weighted by Crippen LogP contribution is -2.26. The minimum absolute atomic E-state index is 0.0133. The largest absolute Gasteiger partial charge is 0.462 e. The van der Waals surface area contributed by atoms with Crippen LogP contribution in [-0.2, 0) is 11.8 Å². The SMILES string of the molecule is CCOC(=O)c1ccnn(C)c1=O. The van der Waals surface area contributed by atoms with Crippen LogP contribution in [0.2, 0.25) is 0 Å². The van der Waals surface area contributed by atoms with Gasteiger partial charge in [-0.05, 0) is 13.0 Å². The molecule has 70 valence electrons. The lowest BCUT2D eigenvalue weighted by molar-refractivity contribution is 0.0523. The van der Waals surface area contributed by atoms with Gasteiger partial charge in [0.2, 0.25) is 0 Å². The Hall–Kier alpha value is -1.65. The maximum Gasteiger partial charge on any atom is 0.343 e. The monoisotopic (exact) mass is 182 g/mol. The van der Waals surface area contributed by atoms with Crippen molar-refractivity contribution in [1.82, 2.24) is 9.78 Å². The molecule has 0 aliphatic heterocycles. The summed E-state index contributed by atoms with van der Waals surface area (Å²) in [6.07, 6.45) is 1.38. The normalized spacial score (nSPS) is 9.69. The standard InChI is InChI=1S/C8H10N2O3/c1-3-13-8(12)6-4-5-9-10(2)7(6)11/h4-5H,3H2,1-2H3. The van der Waals surface area contributed by atoms with Crippen molar-refractivity contribution in [3.8, 4) is 0 Å². The predicted molar refractivity (Wildman–Crippen MR) is 45.4 cm³/mol. The number of esters is 1. The smallest absolute Gasteiger partial charge is 0.343 e. The molecule has 1 aromatic heterocycles. The van der Waals surface area contributed by atoms with Crippen molar-refractivity contribution < 1.29 is 9.53 Å². The Morgan fingerprint density at radius 2 is 2.38 bits per heavy atom.